The molecule has 0 saturated carbocycles. The summed E-state index contributed by atoms with van der Waals surface area (Å²) in [5.74, 6) is 0.510. The average Bonchev–Trinajstić information content (AvgIpc) is 2.03. The van der Waals surface area contributed by atoms with Crippen LogP contribution < -0.4 is 0 Å². The minimum absolute atomic E-state index is 0.123. The summed E-state index contributed by atoms with van der Waals surface area (Å²) in [5, 5.41) is 10.4. The molecule has 1 aromatic rings. The van der Waals surface area contributed by atoms with Crippen molar-refractivity contribution in [1.82, 2.24) is 0 Å². The summed E-state index contributed by atoms with van der Waals surface area (Å²) >= 11 is 0. The van der Waals surface area contributed by atoms with Crippen LogP contribution in [0.1, 0.15) is 19.4 Å². The van der Waals surface area contributed by atoms with E-state index in [2.05, 4.69) is 19.9 Å². The van der Waals surface area contributed by atoms with Gasteiger partial charge in [-0.05, 0) is 24.0 Å². The molecule has 13 heavy (non-hydrogen) atoms. The predicted octanol–water partition coefficient (Wildman–Crippen LogP) is 2.59. The lowest BCUT2D eigenvalue weighted by molar-refractivity contribution is -0.384. The first kappa shape index (κ1) is 9.71. The maximum absolute atomic E-state index is 10.4. The lowest BCUT2D eigenvalue weighted by Crippen LogP contribution is -1.95. The fourth-order valence-electron chi connectivity index (χ4n) is 1.20. The van der Waals surface area contributed by atoms with Crippen molar-refractivity contribution in [1.29, 1.82) is 0 Å². The van der Waals surface area contributed by atoms with Gasteiger partial charge in [-0.15, -0.1) is 0 Å². The van der Waals surface area contributed by atoms with E-state index < -0.39 is 0 Å². The van der Waals surface area contributed by atoms with E-state index in [0.717, 1.165) is 12.0 Å². The van der Waals surface area contributed by atoms with Crippen molar-refractivity contribution in [3.63, 3.8) is 0 Å². The van der Waals surface area contributed by atoms with Gasteiger partial charge >= 0.3 is 0 Å². The van der Waals surface area contributed by atoms with Gasteiger partial charge in [0.15, 0.2) is 0 Å². The maximum atomic E-state index is 10.4. The van der Waals surface area contributed by atoms with Crippen LogP contribution in [0.3, 0.4) is 0 Å². The van der Waals surface area contributed by atoms with Crippen LogP contribution in [-0.4, -0.2) is 4.92 Å². The molecule has 0 saturated heterocycles. The van der Waals surface area contributed by atoms with Crippen molar-refractivity contribution in [3.8, 4) is 0 Å². The normalized spacial score (nSPS) is 10.4. The van der Waals surface area contributed by atoms with Gasteiger partial charge < -0.3 is 0 Å². The Morgan fingerprint density at radius 2 is 2.23 bits per heavy atom. The van der Waals surface area contributed by atoms with Crippen molar-refractivity contribution in [3.05, 3.63) is 39.9 Å². The zero-order valence-corrected chi connectivity index (χ0v) is 7.78. The number of non-ortho nitro benzene ring substituents is 1. The van der Waals surface area contributed by atoms with E-state index in [-0.39, 0.29) is 10.6 Å². The van der Waals surface area contributed by atoms with Crippen molar-refractivity contribution < 1.29 is 4.92 Å². The van der Waals surface area contributed by atoms with E-state index in [1.165, 1.54) is 6.07 Å². The highest BCUT2D eigenvalue weighted by Gasteiger charge is 2.06. The second kappa shape index (κ2) is 4.03. The third-order valence-corrected chi connectivity index (χ3v) is 1.69. The standard InChI is InChI=1S/C10H12NO2/c1-8(2)6-9-4-3-5-10(7-9)11(12)13/h4-5,7-8H,6H2,1-2H3. The SMILES string of the molecule is CC(C)Cc1c[c]cc([N+](=O)[O-])c1. The van der Waals surface area contributed by atoms with Gasteiger partial charge in [0.05, 0.1) is 4.92 Å². The molecule has 0 unspecified atom stereocenters. The Bertz CT molecular complexity index is 308. The summed E-state index contributed by atoms with van der Waals surface area (Å²) in [4.78, 5) is 10.0. The largest absolute Gasteiger partial charge is 0.270 e. The Balaban J connectivity index is 2.85. The molecule has 0 spiro atoms. The number of benzene rings is 1. The maximum Gasteiger partial charge on any atom is 0.270 e. The summed E-state index contributed by atoms with van der Waals surface area (Å²) in [5.41, 5.74) is 1.10. The van der Waals surface area contributed by atoms with Crippen LogP contribution in [0.15, 0.2) is 18.2 Å². The van der Waals surface area contributed by atoms with E-state index in [1.54, 1.807) is 12.1 Å². The summed E-state index contributed by atoms with van der Waals surface area (Å²) in [6.45, 7) is 4.16. The van der Waals surface area contributed by atoms with Crippen LogP contribution in [0.4, 0.5) is 5.69 Å². The summed E-state index contributed by atoms with van der Waals surface area (Å²) in [6.07, 6.45) is 0.859. The molecule has 0 heterocycles. The molecular weight excluding hydrogens is 166 g/mol. The summed E-state index contributed by atoms with van der Waals surface area (Å²) in [7, 11) is 0. The van der Waals surface area contributed by atoms with E-state index in [0.29, 0.717) is 5.92 Å². The number of nitro groups is 1. The zero-order chi connectivity index (χ0) is 9.84. The molecule has 1 radical (unpaired) electrons. The molecule has 1 rings (SSSR count). The van der Waals surface area contributed by atoms with Crippen LogP contribution in [-0.2, 0) is 6.42 Å². The molecule has 0 N–H and O–H groups in total. The molecule has 3 heteroatoms. The van der Waals surface area contributed by atoms with E-state index in [4.69, 9.17) is 0 Å². The Kier molecular flexibility index (Phi) is 3.01. The van der Waals surface area contributed by atoms with Crippen molar-refractivity contribution in [2.24, 2.45) is 5.92 Å². The number of rotatable bonds is 3. The van der Waals surface area contributed by atoms with Crippen molar-refractivity contribution in [2.45, 2.75) is 20.3 Å². The van der Waals surface area contributed by atoms with Crippen LogP contribution in [0, 0.1) is 22.1 Å². The molecule has 69 valence electrons. The molecule has 0 fully saturated rings. The van der Waals surface area contributed by atoms with Gasteiger partial charge in [0, 0.05) is 12.1 Å². The van der Waals surface area contributed by atoms with Gasteiger partial charge in [-0.1, -0.05) is 19.9 Å². The molecule has 0 amide bonds. The predicted molar refractivity (Wildman–Crippen MR) is 50.5 cm³/mol. The van der Waals surface area contributed by atoms with Gasteiger partial charge in [0.2, 0.25) is 0 Å². The lowest BCUT2D eigenvalue weighted by atomic mass is 10.0. The number of hydrogen-bond acceptors (Lipinski definition) is 2. The van der Waals surface area contributed by atoms with Crippen LogP contribution in [0.2, 0.25) is 0 Å². The molecule has 0 aliphatic heterocycles. The lowest BCUT2D eigenvalue weighted by Gasteiger charge is -2.03. The molecule has 1 aromatic carbocycles. The highest BCUT2D eigenvalue weighted by molar-refractivity contribution is 5.33. The minimum Gasteiger partial charge on any atom is -0.258 e. The van der Waals surface area contributed by atoms with Gasteiger partial charge in [0.1, 0.15) is 0 Å². The Morgan fingerprint density at radius 1 is 1.54 bits per heavy atom. The topological polar surface area (TPSA) is 43.1 Å². The third kappa shape index (κ3) is 2.86. The summed E-state index contributed by atoms with van der Waals surface area (Å²) in [6, 6.07) is 7.57. The smallest absolute Gasteiger partial charge is 0.258 e. The molecule has 3 nitrogen and oxygen atoms in total. The van der Waals surface area contributed by atoms with Gasteiger partial charge in [-0.3, -0.25) is 10.1 Å². The third-order valence-electron chi connectivity index (χ3n) is 1.69. The van der Waals surface area contributed by atoms with Gasteiger partial charge in [-0.25, -0.2) is 0 Å². The fourth-order valence-corrected chi connectivity index (χ4v) is 1.20. The van der Waals surface area contributed by atoms with E-state index in [9.17, 15) is 10.1 Å². The first-order chi connectivity index (χ1) is 6.09. The van der Waals surface area contributed by atoms with Crippen LogP contribution >= 0.6 is 0 Å². The number of nitro benzene ring substituents is 1. The zero-order valence-electron chi connectivity index (χ0n) is 7.78. The molecule has 0 aliphatic carbocycles. The molecule has 0 bridgehead atoms. The molecular formula is C10H12NO2. The highest BCUT2D eigenvalue weighted by Crippen LogP contribution is 2.15. The molecule has 0 atom stereocenters. The number of nitrogens with zero attached hydrogens (tertiary/aromatic N) is 1. The Morgan fingerprint density at radius 3 is 2.77 bits per heavy atom. The van der Waals surface area contributed by atoms with Gasteiger partial charge in [-0.2, -0.15) is 0 Å². The fraction of sp³-hybridized carbons (Fsp3) is 0.400. The van der Waals surface area contributed by atoms with Crippen molar-refractivity contribution >= 4 is 5.69 Å². The molecule has 0 aliphatic rings. The van der Waals surface area contributed by atoms with Crippen LogP contribution in [0.25, 0.3) is 0 Å². The first-order valence-electron chi connectivity index (χ1n) is 4.24. The van der Waals surface area contributed by atoms with Gasteiger partial charge in [0.25, 0.3) is 5.69 Å². The van der Waals surface area contributed by atoms with Crippen LogP contribution in [0.5, 0.6) is 0 Å². The number of hydrogen-bond donors (Lipinski definition) is 0. The quantitative estimate of drug-likeness (QED) is 0.527. The Hall–Kier alpha value is -1.38. The molecule has 0 aromatic heterocycles. The summed E-state index contributed by atoms with van der Waals surface area (Å²) < 4.78 is 0. The monoisotopic (exact) mass is 178 g/mol. The first-order valence-corrected chi connectivity index (χ1v) is 4.24. The highest BCUT2D eigenvalue weighted by atomic mass is 16.6. The Labute approximate surface area is 77.5 Å². The minimum atomic E-state index is -0.389. The van der Waals surface area contributed by atoms with E-state index in [1.807, 2.05) is 0 Å². The second-order valence-corrected chi connectivity index (χ2v) is 3.45. The average molecular weight is 178 g/mol. The van der Waals surface area contributed by atoms with E-state index >= 15 is 0 Å². The van der Waals surface area contributed by atoms with Crippen molar-refractivity contribution in [2.75, 3.05) is 0 Å². The second-order valence-electron chi connectivity index (χ2n) is 3.45.